The Labute approximate surface area is 190 Å². The number of thiophene rings is 1. The van der Waals surface area contributed by atoms with Crippen LogP contribution in [0.5, 0.6) is 5.75 Å². The Morgan fingerprint density at radius 1 is 1.34 bits per heavy atom. The van der Waals surface area contributed by atoms with Gasteiger partial charge in [-0.3, -0.25) is 9.89 Å². The van der Waals surface area contributed by atoms with Gasteiger partial charge in [0.15, 0.2) is 0 Å². The van der Waals surface area contributed by atoms with Crippen LogP contribution in [-0.2, 0) is 17.6 Å². The van der Waals surface area contributed by atoms with Gasteiger partial charge < -0.3 is 15.0 Å². The molecular weight excluding hydrogens is 424 g/mol. The van der Waals surface area contributed by atoms with E-state index in [-0.39, 0.29) is 11.3 Å². The predicted molar refractivity (Wildman–Crippen MR) is 127 cm³/mol. The highest BCUT2D eigenvalue weighted by molar-refractivity contribution is 7.19. The fraction of sp³-hybridized carbons (Fsp3) is 0.391. The van der Waals surface area contributed by atoms with E-state index in [0.717, 1.165) is 58.3 Å². The van der Waals surface area contributed by atoms with Crippen LogP contribution >= 0.6 is 11.3 Å². The highest BCUT2D eigenvalue weighted by Crippen LogP contribution is 2.47. The monoisotopic (exact) mass is 450 g/mol. The summed E-state index contributed by atoms with van der Waals surface area (Å²) >= 11 is 1.68. The van der Waals surface area contributed by atoms with Gasteiger partial charge in [-0.15, -0.1) is 11.3 Å². The molecule has 8 nitrogen and oxygen atoms in total. The van der Waals surface area contributed by atoms with Gasteiger partial charge in [-0.05, 0) is 37.3 Å². The number of H-pyrrole nitrogens is 1. The van der Waals surface area contributed by atoms with Gasteiger partial charge in [0.25, 0.3) is 0 Å². The summed E-state index contributed by atoms with van der Waals surface area (Å²) in [5.41, 5.74) is 2.65. The van der Waals surface area contributed by atoms with Crippen molar-refractivity contribution in [1.82, 2.24) is 25.1 Å². The Morgan fingerprint density at radius 2 is 2.19 bits per heavy atom. The van der Waals surface area contributed by atoms with Crippen molar-refractivity contribution >= 4 is 49.9 Å². The fourth-order valence-electron chi connectivity index (χ4n) is 4.77. The van der Waals surface area contributed by atoms with E-state index in [0.29, 0.717) is 5.75 Å². The molecule has 3 heterocycles. The number of rotatable bonds is 5. The third-order valence-electron chi connectivity index (χ3n) is 6.57. The van der Waals surface area contributed by atoms with Gasteiger partial charge >= 0.3 is 0 Å². The van der Waals surface area contributed by atoms with E-state index in [1.807, 2.05) is 26.2 Å². The van der Waals surface area contributed by atoms with Gasteiger partial charge in [0.05, 0.1) is 35.3 Å². The summed E-state index contributed by atoms with van der Waals surface area (Å²) in [6.45, 7) is 2.12. The van der Waals surface area contributed by atoms with Crippen LogP contribution in [0, 0.1) is 5.41 Å². The Morgan fingerprint density at radius 3 is 2.94 bits per heavy atom. The summed E-state index contributed by atoms with van der Waals surface area (Å²) in [6.07, 6.45) is 6.62. The molecule has 0 saturated carbocycles. The van der Waals surface area contributed by atoms with Gasteiger partial charge in [-0.2, -0.15) is 5.10 Å². The van der Waals surface area contributed by atoms with Crippen LogP contribution in [0.15, 0.2) is 24.7 Å². The maximum absolute atomic E-state index is 13.0. The maximum atomic E-state index is 13.0. The number of carbonyl (C=O) groups is 1. The Kier molecular flexibility index (Phi) is 5.00. The van der Waals surface area contributed by atoms with Gasteiger partial charge in [-0.25, -0.2) is 9.97 Å². The molecule has 3 aromatic heterocycles. The number of hydrogen-bond donors (Lipinski definition) is 2. The first-order chi connectivity index (χ1) is 15.5. The second-order valence-corrected chi connectivity index (χ2v) is 9.63. The van der Waals surface area contributed by atoms with Crippen molar-refractivity contribution in [1.29, 1.82) is 0 Å². The number of aromatic amines is 1. The molecule has 0 spiro atoms. The lowest BCUT2D eigenvalue weighted by Gasteiger charge is -2.37. The SMILES string of the molecule is CCC1(C(=O)N(C)C)CCc2c(sc3ncnc(Nc4cc5cn[nH]c5cc4OC)c23)C1. The molecule has 1 amide bonds. The highest BCUT2D eigenvalue weighted by atomic mass is 32.1. The first-order valence-electron chi connectivity index (χ1n) is 10.7. The number of hydrogen-bond acceptors (Lipinski definition) is 7. The van der Waals surface area contributed by atoms with E-state index < -0.39 is 0 Å². The summed E-state index contributed by atoms with van der Waals surface area (Å²) < 4.78 is 5.60. The molecule has 1 aromatic carbocycles. The fourth-order valence-corrected chi connectivity index (χ4v) is 6.11. The molecule has 0 fully saturated rings. The van der Waals surface area contributed by atoms with E-state index >= 15 is 0 Å². The molecular formula is C23H26N6O2S. The zero-order valence-electron chi connectivity index (χ0n) is 18.7. The minimum Gasteiger partial charge on any atom is -0.494 e. The Hall–Kier alpha value is -3.20. The lowest BCUT2D eigenvalue weighted by molar-refractivity contribution is -0.140. The van der Waals surface area contributed by atoms with Gasteiger partial charge in [0.1, 0.15) is 22.7 Å². The van der Waals surface area contributed by atoms with Crippen LogP contribution in [-0.4, -0.2) is 52.2 Å². The van der Waals surface area contributed by atoms with Crippen LogP contribution in [0.2, 0.25) is 0 Å². The molecule has 1 unspecified atom stereocenters. The minimum atomic E-state index is -0.339. The molecule has 5 rings (SSSR count). The van der Waals surface area contributed by atoms with E-state index in [4.69, 9.17) is 4.74 Å². The molecule has 1 aliphatic carbocycles. The Bertz CT molecular complexity index is 1330. The zero-order valence-corrected chi connectivity index (χ0v) is 19.5. The molecule has 166 valence electrons. The first kappa shape index (κ1) is 20.7. The molecule has 32 heavy (non-hydrogen) atoms. The Balaban J connectivity index is 1.57. The molecule has 2 N–H and O–H groups in total. The van der Waals surface area contributed by atoms with Crippen molar-refractivity contribution < 1.29 is 9.53 Å². The quantitative estimate of drug-likeness (QED) is 0.471. The number of carbonyl (C=O) groups excluding carboxylic acids is 1. The number of anilines is 2. The minimum absolute atomic E-state index is 0.214. The van der Waals surface area contributed by atoms with Gasteiger partial charge in [-0.1, -0.05) is 6.92 Å². The van der Waals surface area contributed by atoms with E-state index in [1.165, 1.54) is 10.4 Å². The molecule has 1 aliphatic rings. The standard InChI is InChI=1S/C23H26N6O2S/c1-5-23(22(30)29(2)3)7-6-14-18(10-23)32-21-19(14)20(24-12-25-21)27-16-8-13-11-26-28-15(13)9-17(16)31-4/h8-9,11-12H,5-7,10H2,1-4H3,(H,26,28)(H,24,25,27). The van der Waals surface area contributed by atoms with Crippen molar-refractivity contribution in [2.75, 3.05) is 26.5 Å². The number of ether oxygens (including phenoxy) is 1. The first-order valence-corrected chi connectivity index (χ1v) is 11.5. The summed E-state index contributed by atoms with van der Waals surface area (Å²) in [6, 6.07) is 3.93. The molecule has 0 aliphatic heterocycles. The van der Waals surface area contributed by atoms with Crippen molar-refractivity contribution in [3.63, 3.8) is 0 Å². The number of aromatic nitrogens is 4. The van der Waals surface area contributed by atoms with Crippen molar-refractivity contribution in [3.8, 4) is 5.75 Å². The third kappa shape index (κ3) is 3.19. The normalized spacial score (nSPS) is 18.0. The molecule has 1 atom stereocenters. The van der Waals surface area contributed by atoms with E-state index in [9.17, 15) is 4.79 Å². The number of amides is 1. The summed E-state index contributed by atoms with van der Waals surface area (Å²) in [7, 11) is 5.34. The molecule has 0 saturated heterocycles. The zero-order chi connectivity index (χ0) is 22.5. The topological polar surface area (TPSA) is 96.0 Å². The number of methoxy groups -OCH3 is 1. The van der Waals surface area contributed by atoms with Crippen LogP contribution in [0.4, 0.5) is 11.5 Å². The smallest absolute Gasteiger partial charge is 0.228 e. The summed E-state index contributed by atoms with van der Waals surface area (Å²) in [5, 5.41) is 12.6. The summed E-state index contributed by atoms with van der Waals surface area (Å²) in [4.78, 5) is 26.0. The van der Waals surface area contributed by atoms with Crippen molar-refractivity contribution in [2.24, 2.45) is 5.41 Å². The second kappa shape index (κ2) is 7.74. The van der Waals surface area contributed by atoms with Crippen LogP contribution in [0.25, 0.3) is 21.1 Å². The van der Waals surface area contributed by atoms with E-state index in [1.54, 1.807) is 35.9 Å². The average molecular weight is 451 g/mol. The van der Waals surface area contributed by atoms with Gasteiger partial charge in [0.2, 0.25) is 5.91 Å². The van der Waals surface area contributed by atoms with E-state index in [2.05, 4.69) is 32.4 Å². The van der Waals surface area contributed by atoms with Crippen LogP contribution in [0.3, 0.4) is 0 Å². The predicted octanol–water partition coefficient (Wildman–Crippen LogP) is 4.29. The average Bonchev–Trinajstić information content (AvgIpc) is 3.41. The molecule has 9 heteroatoms. The highest BCUT2D eigenvalue weighted by Gasteiger charge is 2.42. The van der Waals surface area contributed by atoms with Crippen LogP contribution in [0.1, 0.15) is 30.2 Å². The third-order valence-corrected chi connectivity index (χ3v) is 7.71. The lowest BCUT2D eigenvalue weighted by atomic mass is 9.71. The number of fused-ring (bicyclic) bond motifs is 4. The second-order valence-electron chi connectivity index (χ2n) is 8.55. The number of nitrogens with one attached hydrogen (secondary N) is 2. The largest absolute Gasteiger partial charge is 0.494 e. The lowest BCUT2D eigenvalue weighted by Crippen LogP contribution is -2.43. The molecule has 0 bridgehead atoms. The van der Waals surface area contributed by atoms with Crippen molar-refractivity contribution in [3.05, 3.63) is 35.1 Å². The number of aryl methyl sites for hydroxylation is 1. The van der Waals surface area contributed by atoms with Gasteiger partial charge in [0, 0.05) is 30.4 Å². The number of benzene rings is 1. The molecule has 4 aromatic rings. The summed E-state index contributed by atoms with van der Waals surface area (Å²) in [5.74, 6) is 1.68. The number of nitrogens with zero attached hydrogens (tertiary/aromatic N) is 4. The van der Waals surface area contributed by atoms with Crippen LogP contribution < -0.4 is 10.1 Å². The van der Waals surface area contributed by atoms with Crippen molar-refractivity contribution in [2.45, 2.75) is 32.6 Å². The molecule has 0 radical (unpaired) electrons. The maximum Gasteiger partial charge on any atom is 0.228 e.